The summed E-state index contributed by atoms with van der Waals surface area (Å²) in [6.45, 7) is 0. The zero-order valence-corrected chi connectivity index (χ0v) is 9.57. The minimum atomic E-state index is -2.64. The van der Waals surface area contributed by atoms with Crippen LogP contribution in [0.4, 0.5) is 8.78 Å². The zero-order chi connectivity index (χ0) is 10.7. The lowest BCUT2D eigenvalue weighted by Crippen LogP contribution is -2.00. The van der Waals surface area contributed by atoms with E-state index in [2.05, 4.69) is 20.9 Å². The van der Waals surface area contributed by atoms with Crippen molar-refractivity contribution in [2.24, 2.45) is 0 Å². The summed E-state index contributed by atoms with van der Waals surface area (Å²) in [4.78, 5) is 3.75. The van der Waals surface area contributed by atoms with Gasteiger partial charge in [-0.2, -0.15) is 0 Å². The monoisotopic (exact) mass is 285 g/mol. The maximum atomic E-state index is 12.6. The number of ether oxygens (including phenoxy) is 1. The molecule has 1 aromatic rings. The molecule has 0 aliphatic carbocycles. The van der Waals surface area contributed by atoms with Gasteiger partial charge in [0.05, 0.1) is 18.6 Å². The normalized spacial score (nSPS) is 10.7. The molecule has 6 heteroatoms. The molecule has 0 radical (unpaired) electrons. The molecule has 1 rings (SSSR count). The van der Waals surface area contributed by atoms with Gasteiger partial charge >= 0.3 is 0 Å². The summed E-state index contributed by atoms with van der Waals surface area (Å²) in [5.74, 6) is 0.181. The first-order valence-electron chi connectivity index (χ1n) is 3.67. The first-order valence-corrected chi connectivity index (χ1v) is 5.00. The van der Waals surface area contributed by atoms with Crippen molar-refractivity contribution in [3.05, 3.63) is 21.9 Å². The molecule has 0 amide bonds. The molecule has 2 nitrogen and oxygen atoms in total. The van der Waals surface area contributed by atoms with Crippen molar-refractivity contribution < 1.29 is 13.5 Å². The summed E-state index contributed by atoms with van der Waals surface area (Å²) < 4.78 is 30.2. The molecule has 0 bridgehead atoms. The average molecular weight is 287 g/mol. The van der Waals surface area contributed by atoms with Crippen LogP contribution in [-0.2, 0) is 5.88 Å². The van der Waals surface area contributed by atoms with Crippen LogP contribution >= 0.6 is 27.5 Å². The third-order valence-electron chi connectivity index (χ3n) is 1.66. The molecule has 14 heavy (non-hydrogen) atoms. The van der Waals surface area contributed by atoms with Gasteiger partial charge in [0.1, 0.15) is 10.4 Å². The molecule has 0 aliphatic rings. The number of nitrogens with zero attached hydrogens (tertiary/aromatic N) is 1. The molecule has 0 unspecified atom stereocenters. The number of pyridine rings is 1. The summed E-state index contributed by atoms with van der Waals surface area (Å²) in [7, 11) is 1.32. The van der Waals surface area contributed by atoms with E-state index < -0.39 is 6.43 Å². The molecular formula is C8H7BrClF2NO. The molecule has 0 spiro atoms. The number of aromatic nitrogens is 1. The van der Waals surface area contributed by atoms with Gasteiger partial charge in [0.25, 0.3) is 6.43 Å². The first kappa shape index (κ1) is 11.7. The quantitative estimate of drug-likeness (QED) is 0.626. The molecule has 1 aromatic heterocycles. The minimum Gasteiger partial charge on any atom is -0.496 e. The highest BCUT2D eigenvalue weighted by Gasteiger charge is 2.21. The lowest BCUT2D eigenvalue weighted by atomic mass is 10.2. The highest BCUT2D eigenvalue weighted by Crippen LogP contribution is 2.36. The molecular weight excluding hydrogens is 279 g/mol. The molecule has 0 aliphatic heterocycles. The van der Waals surface area contributed by atoms with Crippen molar-refractivity contribution in [1.29, 1.82) is 0 Å². The maximum absolute atomic E-state index is 12.6. The zero-order valence-electron chi connectivity index (χ0n) is 7.23. The van der Waals surface area contributed by atoms with E-state index in [-0.39, 0.29) is 21.8 Å². The van der Waals surface area contributed by atoms with Crippen LogP contribution < -0.4 is 4.74 Å². The third-order valence-corrected chi connectivity index (χ3v) is 2.58. The van der Waals surface area contributed by atoms with E-state index in [1.165, 1.54) is 13.3 Å². The number of halogens is 4. The fourth-order valence-electron chi connectivity index (χ4n) is 1.05. The highest BCUT2D eigenvalue weighted by molar-refractivity contribution is 9.10. The van der Waals surface area contributed by atoms with Gasteiger partial charge in [-0.15, -0.1) is 11.6 Å². The number of methoxy groups -OCH3 is 1. The molecule has 0 saturated carbocycles. The van der Waals surface area contributed by atoms with Gasteiger partial charge in [-0.1, -0.05) is 0 Å². The van der Waals surface area contributed by atoms with Crippen molar-refractivity contribution in [2.45, 2.75) is 12.3 Å². The second-order valence-electron chi connectivity index (χ2n) is 2.46. The van der Waals surface area contributed by atoms with Gasteiger partial charge < -0.3 is 4.74 Å². The Balaban J connectivity index is 3.35. The van der Waals surface area contributed by atoms with Crippen LogP contribution in [0.25, 0.3) is 0 Å². The molecule has 0 saturated heterocycles. The largest absolute Gasteiger partial charge is 0.496 e. The maximum Gasteiger partial charge on any atom is 0.270 e. The number of rotatable bonds is 3. The van der Waals surface area contributed by atoms with Gasteiger partial charge in [-0.05, 0) is 15.9 Å². The van der Waals surface area contributed by atoms with Crippen molar-refractivity contribution in [2.75, 3.05) is 7.11 Å². The highest BCUT2D eigenvalue weighted by atomic mass is 79.9. The number of alkyl halides is 3. The lowest BCUT2D eigenvalue weighted by Gasteiger charge is -2.12. The van der Waals surface area contributed by atoms with Gasteiger partial charge in [0, 0.05) is 11.8 Å². The van der Waals surface area contributed by atoms with Crippen molar-refractivity contribution in [3.63, 3.8) is 0 Å². The topological polar surface area (TPSA) is 22.1 Å². The fourth-order valence-corrected chi connectivity index (χ4v) is 1.70. The average Bonchev–Trinajstić information content (AvgIpc) is 2.16. The van der Waals surface area contributed by atoms with Crippen LogP contribution in [0.15, 0.2) is 10.8 Å². The first-order chi connectivity index (χ1) is 6.61. The summed E-state index contributed by atoms with van der Waals surface area (Å²) in [5.41, 5.74) is 0.193. The Hall–Kier alpha value is -0.420. The predicted octanol–water partition coefficient (Wildman–Crippen LogP) is 3.53. The Labute approximate surface area is 93.4 Å². The van der Waals surface area contributed by atoms with Crippen LogP contribution in [0.1, 0.15) is 17.6 Å². The molecule has 0 N–H and O–H groups in total. The SMILES string of the molecule is COc1c(CCl)cnc(Br)c1C(F)F. The molecule has 1 heterocycles. The Morgan fingerprint density at radius 1 is 1.64 bits per heavy atom. The number of hydrogen-bond acceptors (Lipinski definition) is 2. The summed E-state index contributed by atoms with van der Waals surface area (Å²) in [6, 6.07) is 0. The van der Waals surface area contributed by atoms with E-state index in [1.807, 2.05) is 0 Å². The number of hydrogen-bond donors (Lipinski definition) is 0. The molecule has 0 fully saturated rings. The van der Waals surface area contributed by atoms with Crippen LogP contribution in [0.5, 0.6) is 5.75 Å². The van der Waals surface area contributed by atoms with Crippen LogP contribution in [0.2, 0.25) is 0 Å². The van der Waals surface area contributed by atoms with Gasteiger partial charge in [-0.3, -0.25) is 0 Å². The smallest absolute Gasteiger partial charge is 0.270 e. The van der Waals surface area contributed by atoms with E-state index >= 15 is 0 Å². The Morgan fingerprint density at radius 2 is 2.29 bits per heavy atom. The second kappa shape index (κ2) is 4.89. The van der Waals surface area contributed by atoms with E-state index in [1.54, 1.807) is 0 Å². The molecule has 78 valence electrons. The standard InChI is InChI=1S/C8H7BrClF2NO/c1-14-6-4(2-10)3-13-7(9)5(6)8(11)12/h3,8H,2H2,1H3. The Kier molecular flexibility index (Phi) is 4.07. The Bertz CT molecular complexity index is 335. The van der Waals surface area contributed by atoms with E-state index in [9.17, 15) is 8.78 Å². The van der Waals surface area contributed by atoms with Crippen molar-refractivity contribution >= 4 is 27.5 Å². The van der Waals surface area contributed by atoms with Gasteiger partial charge in [0.15, 0.2) is 0 Å². The van der Waals surface area contributed by atoms with Crippen LogP contribution in [0.3, 0.4) is 0 Å². The summed E-state index contributed by atoms with van der Waals surface area (Å²) in [5, 5.41) is 0. The van der Waals surface area contributed by atoms with Crippen LogP contribution in [0, 0.1) is 0 Å². The van der Waals surface area contributed by atoms with Gasteiger partial charge in [-0.25, -0.2) is 13.8 Å². The van der Waals surface area contributed by atoms with E-state index in [0.717, 1.165) is 0 Å². The summed E-state index contributed by atoms with van der Waals surface area (Å²) in [6.07, 6.45) is -1.24. The van der Waals surface area contributed by atoms with Crippen LogP contribution in [-0.4, -0.2) is 12.1 Å². The minimum absolute atomic E-state index is 0.0817. The molecule has 0 atom stereocenters. The lowest BCUT2D eigenvalue weighted by molar-refractivity contribution is 0.145. The second-order valence-corrected chi connectivity index (χ2v) is 3.47. The molecule has 0 aromatic carbocycles. The van der Waals surface area contributed by atoms with E-state index in [4.69, 9.17) is 16.3 Å². The predicted molar refractivity (Wildman–Crippen MR) is 53.0 cm³/mol. The van der Waals surface area contributed by atoms with Gasteiger partial charge in [0.2, 0.25) is 0 Å². The Morgan fingerprint density at radius 3 is 2.71 bits per heavy atom. The third kappa shape index (κ3) is 2.15. The fraction of sp³-hybridized carbons (Fsp3) is 0.375. The summed E-state index contributed by atoms with van der Waals surface area (Å²) >= 11 is 8.50. The van der Waals surface area contributed by atoms with Crippen molar-refractivity contribution in [1.82, 2.24) is 4.98 Å². The van der Waals surface area contributed by atoms with Crippen molar-refractivity contribution in [3.8, 4) is 5.75 Å². The van der Waals surface area contributed by atoms with E-state index in [0.29, 0.717) is 5.56 Å².